The minimum atomic E-state index is -0.669. The molecule has 0 aromatic carbocycles. The third-order valence-corrected chi connectivity index (χ3v) is 6.95. The second-order valence-electron chi connectivity index (χ2n) is 8.44. The minimum absolute atomic E-state index is 0.201. The summed E-state index contributed by atoms with van der Waals surface area (Å²) in [5, 5.41) is 9.84. The van der Waals surface area contributed by atoms with E-state index in [0.29, 0.717) is 16.8 Å². The second kappa shape index (κ2) is 10.7. The molecule has 1 aromatic heterocycles. The van der Waals surface area contributed by atoms with Crippen LogP contribution in [0.15, 0.2) is 41.6 Å². The molecule has 0 unspecified atom stereocenters. The molecule has 7 heteroatoms. The minimum Gasteiger partial charge on any atom is -0.481 e. The van der Waals surface area contributed by atoms with Crippen molar-refractivity contribution >= 4 is 29.2 Å². The molecule has 2 aliphatic rings. The van der Waals surface area contributed by atoms with Gasteiger partial charge in [-0.25, -0.2) is 0 Å². The van der Waals surface area contributed by atoms with E-state index < -0.39 is 5.97 Å². The number of allylic oxidation sites excluding steroid dienone is 5. The molecule has 31 heavy (non-hydrogen) atoms. The summed E-state index contributed by atoms with van der Waals surface area (Å²) in [4.78, 5) is 20.6. The number of nitrogens with zero attached hydrogens (tertiary/aromatic N) is 3. The van der Waals surface area contributed by atoms with Gasteiger partial charge in [0.15, 0.2) is 0 Å². The fourth-order valence-electron chi connectivity index (χ4n) is 4.33. The Bertz CT molecular complexity index is 860. The van der Waals surface area contributed by atoms with Gasteiger partial charge < -0.3 is 10.0 Å². The van der Waals surface area contributed by atoms with Crippen LogP contribution >= 0.6 is 23.2 Å². The monoisotopic (exact) mass is 463 g/mol. The van der Waals surface area contributed by atoms with Crippen LogP contribution in [0.25, 0.3) is 0 Å². The summed E-state index contributed by atoms with van der Waals surface area (Å²) in [5.74, 6) is -0.134. The fraction of sp³-hybridized carbons (Fsp3) is 0.500. The lowest BCUT2D eigenvalue weighted by atomic mass is 9.92. The Morgan fingerprint density at radius 1 is 1.32 bits per heavy atom. The third-order valence-electron chi connectivity index (χ3n) is 6.35. The van der Waals surface area contributed by atoms with Gasteiger partial charge in [0.25, 0.3) is 0 Å². The predicted octanol–water partition coefficient (Wildman–Crippen LogP) is 4.83. The average Bonchev–Trinajstić information content (AvgIpc) is 2.71. The highest BCUT2D eigenvalue weighted by molar-refractivity contribution is 6.32. The van der Waals surface area contributed by atoms with Gasteiger partial charge in [-0.15, -0.1) is 11.6 Å². The molecule has 0 bridgehead atoms. The second-order valence-corrected chi connectivity index (χ2v) is 9.12. The van der Waals surface area contributed by atoms with Gasteiger partial charge in [-0.05, 0) is 63.0 Å². The molecule has 2 saturated heterocycles. The smallest absolute Gasteiger partial charge is 0.306 e. The van der Waals surface area contributed by atoms with Crippen molar-refractivity contribution in [2.75, 3.05) is 32.1 Å². The Morgan fingerprint density at radius 3 is 2.55 bits per heavy atom. The molecule has 3 rings (SSSR count). The molecule has 1 N–H and O–H groups in total. The molecule has 0 spiro atoms. The van der Waals surface area contributed by atoms with Crippen molar-refractivity contribution in [1.82, 2.24) is 14.8 Å². The first kappa shape index (κ1) is 23.8. The first-order chi connectivity index (χ1) is 14.8. The average molecular weight is 464 g/mol. The maximum Gasteiger partial charge on any atom is 0.306 e. The SMILES string of the molecule is C=C/C=C\C(Cl)=C(/CCl)N1CC(c2cc(C)c(CN3CCC(C(=O)O)CC3)c(C)n2)C1. The van der Waals surface area contributed by atoms with E-state index in [9.17, 15) is 9.90 Å². The van der Waals surface area contributed by atoms with Crippen molar-refractivity contribution in [2.45, 2.75) is 39.2 Å². The number of hydrogen-bond acceptors (Lipinski definition) is 4. The highest BCUT2D eigenvalue weighted by atomic mass is 35.5. The third kappa shape index (κ3) is 5.71. The van der Waals surface area contributed by atoms with Crippen LogP contribution in [0.5, 0.6) is 0 Å². The van der Waals surface area contributed by atoms with Crippen molar-refractivity contribution in [3.63, 3.8) is 0 Å². The highest BCUT2D eigenvalue weighted by Gasteiger charge is 2.32. The summed E-state index contributed by atoms with van der Waals surface area (Å²) < 4.78 is 0. The van der Waals surface area contributed by atoms with Gasteiger partial charge in [-0.1, -0.05) is 30.3 Å². The number of aliphatic carboxylic acids is 1. The van der Waals surface area contributed by atoms with E-state index in [4.69, 9.17) is 28.2 Å². The molecular formula is C24H31Cl2N3O2. The van der Waals surface area contributed by atoms with Crippen molar-refractivity contribution in [3.05, 3.63) is 64.1 Å². The number of carboxylic acid groups (broad SMARTS) is 1. The van der Waals surface area contributed by atoms with Crippen LogP contribution in [0.3, 0.4) is 0 Å². The summed E-state index contributed by atoms with van der Waals surface area (Å²) in [6.07, 6.45) is 6.76. The van der Waals surface area contributed by atoms with E-state index in [-0.39, 0.29) is 5.92 Å². The largest absolute Gasteiger partial charge is 0.481 e. The van der Waals surface area contributed by atoms with Crippen LogP contribution < -0.4 is 0 Å². The van der Waals surface area contributed by atoms with E-state index >= 15 is 0 Å². The number of likely N-dealkylation sites (tertiary alicyclic amines) is 2. The standard InChI is InChI=1S/C24H31Cl2N3O2/c1-4-5-6-21(26)23(12-25)29-13-19(14-29)22-11-16(2)20(17(3)27-22)15-28-9-7-18(8-10-28)24(30)31/h4-6,11,18-19H,1,7-10,12-15H2,2-3H3,(H,30,31)/b6-5-,23-21-. The lowest BCUT2D eigenvalue weighted by Gasteiger charge is -2.42. The number of aromatic nitrogens is 1. The number of hydrogen-bond donors (Lipinski definition) is 1. The predicted molar refractivity (Wildman–Crippen MR) is 127 cm³/mol. The molecule has 0 radical (unpaired) electrons. The van der Waals surface area contributed by atoms with Crippen molar-refractivity contribution in [1.29, 1.82) is 0 Å². The summed E-state index contributed by atoms with van der Waals surface area (Å²) in [6.45, 7) is 12.1. The number of halogens is 2. The van der Waals surface area contributed by atoms with Gasteiger partial charge in [0.2, 0.25) is 0 Å². The Balaban J connectivity index is 1.63. The zero-order valence-electron chi connectivity index (χ0n) is 18.3. The number of carboxylic acids is 1. The van der Waals surface area contributed by atoms with Crippen molar-refractivity contribution in [2.24, 2.45) is 5.92 Å². The highest BCUT2D eigenvalue weighted by Crippen LogP contribution is 2.33. The molecule has 2 aliphatic heterocycles. The van der Waals surface area contributed by atoms with Gasteiger partial charge in [0, 0.05) is 42.6 Å². The summed E-state index contributed by atoms with van der Waals surface area (Å²) in [6, 6.07) is 2.21. The molecule has 0 aliphatic carbocycles. The van der Waals surface area contributed by atoms with E-state index in [1.54, 1.807) is 6.08 Å². The molecule has 168 valence electrons. The molecule has 1 aromatic rings. The van der Waals surface area contributed by atoms with Gasteiger partial charge in [0.05, 0.1) is 16.8 Å². The van der Waals surface area contributed by atoms with Crippen molar-refractivity contribution in [3.8, 4) is 0 Å². The van der Waals surface area contributed by atoms with Gasteiger partial charge in [-0.3, -0.25) is 14.7 Å². The number of alkyl halides is 1. The zero-order chi connectivity index (χ0) is 22.5. The first-order valence-electron chi connectivity index (χ1n) is 10.7. The van der Waals surface area contributed by atoms with E-state index in [1.807, 2.05) is 12.2 Å². The Labute approximate surface area is 195 Å². The molecule has 0 saturated carbocycles. The van der Waals surface area contributed by atoms with E-state index in [1.165, 1.54) is 11.1 Å². The van der Waals surface area contributed by atoms with Crippen LogP contribution in [0.2, 0.25) is 0 Å². The Kier molecular flexibility index (Phi) is 8.20. The van der Waals surface area contributed by atoms with Crippen LogP contribution in [-0.4, -0.2) is 57.9 Å². The summed E-state index contributed by atoms with van der Waals surface area (Å²) in [7, 11) is 0. The topological polar surface area (TPSA) is 56.7 Å². The maximum atomic E-state index is 11.2. The van der Waals surface area contributed by atoms with Crippen LogP contribution in [0.1, 0.15) is 41.3 Å². The fourth-order valence-corrected chi connectivity index (χ4v) is 4.97. The van der Waals surface area contributed by atoms with Crippen LogP contribution in [0, 0.1) is 19.8 Å². The Morgan fingerprint density at radius 2 is 2.00 bits per heavy atom. The molecule has 0 atom stereocenters. The summed E-state index contributed by atoms with van der Waals surface area (Å²) in [5.41, 5.74) is 5.63. The number of aryl methyl sites for hydroxylation is 2. The number of pyridine rings is 1. The van der Waals surface area contributed by atoms with Gasteiger partial charge >= 0.3 is 5.97 Å². The molecule has 2 fully saturated rings. The zero-order valence-corrected chi connectivity index (χ0v) is 19.8. The normalized spacial score (nSPS) is 19.4. The number of rotatable bonds is 8. The molecule has 3 heterocycles. The van der Waals surface area contributed by atoms with Gasteiger partial charge in [-0.2, -0.15) is 0 Å². The van der Waals surface area contributed by atoms with Crippen LogP contribution in [-0.2, 0) is 11.3 Å². The van der Waals surface area contributed by atoms with E-state index in [0.717, 1.165) is 62.7 Å². The molecular weight excluding hydrogens is 433 g/mol. The maximum absolute atomic E-state index is 11.2. The lowest BCUT2D eigenvalue weighted by Crippen LogP contribution is -2.45. The Hall–Kier alpha value is -1.82. The van der Waals surface area contributed by atoms with Crippen molar-refractivity contribution < 1.29 is 9.90 Å². The first-order valence-corrected chi connectivity index (χ1v) is 11.7. The molecule has 0 amide bonds. The lowest BCUT2D eigenvalue weighted by molar-refractivity contribution is -0.143. The van der Waals surface area contributed by atoms with Gasteiger partial charge in [0.1, 0.15) is 0 Å². The molecule has 5 nitrogen and oxygen atoms in total. The quantitative estimate of drug-likeness (QED) is 0.442. The van der Waals surface area contributed by atoms with E-state index in [2.05, 4.69) is 36.3 Å². The number of piperidine rings is 1. The number of carbonyl (C=O) groups is 1. The van der Waals surface area contributed by atoms with Crippen LogP contribution in [0.4, 0.5) is 0 Å². The summed E-state index contributed by atoms with van der Waals surface area (Å²) >= 11 is 12.5.